The van der Waals surface area contributed by atoms with Crippen LogP contribution >= 0.6 is 0 Å². The number of rotatable bonds is 2. The molecule has 0 spiro atoms. The predicted molar refractivity (Wildman–Crippen MR) is 69.0 cm³/mol. The van der Waals surface area contributed by atoms with Gasteiger partial charge < -0.3 is 5.32 Å². The number of hydrogen-bond donors (Lipinski definition) is 1. The van der Waals surface area contributed by atoms with E-state index in [9.17, 15) is 9.59 Å². The molecular formula is C15H23NO2. The maximum Gasteiger partial charge on any atom is 0.234 e. The van der Waals surface area contributed by atoms with Gasteiger partial charge in [0.25, 0.3) is 0 Å². The number of hydrogen-bond acceptors (Lipinski definition) is 2. The lowest BCUT2D eigenvalue weighted by Gasteiger charge is -2.35. The second-order valence-corrected chi connectivity index (χ2v) is 6.94. The Kier molecular flexibility index (Phi) is 2.58. The molecule has 3 aliphatic carbocycles. The van der Waals surface area contributed by atoms with Gasteiger partial charge in [-0.1, -0.05) is 26.7 Å². The minimum absolute atomic E-state index is 0.0319. The molecule has 3 aliphatic rings. The molecular weight excluding hydrogens is 226 g/mol. The lowest BCUT2D eigenvalue weighted by Crippen LogP contribution is -2.51. The summed E-state index contributed by atoms with van der Waals surface area (Å²) in [6, 6.07) is 0.315. The summed E-state index contributed by atoms with van der Waals surface area (Å²) in [4.78, 5) is 25.0. The van der Waals surface area contributed by atoms with Crippen molar-refractivity contribution in [3.63, 3.8) is 0 Å². The van der Waals surface area contributed by atoms with Crippen molar-refractivity contribution < 1.29 is 9.59 Å². The van der Waals surface area contributed by atoms with Crippen LogP contribution in [0.25, 0.3) is 0 Å². The topological polar surface area (TPSA) is 46.2 Å². The summed E-state index contributed by atoms with van der Waals surface area (Å²) in [6.45, 7) is 4.23. The fourth-order valence-corrected chi connectivity index (χ4v) is 4.59. The molecule has 3 rings (SSSR count). The summed E-state index contributed by atoms with van der Waals surface area (Å²) in [5, 5.41) is 3.17. The normalized spacial score (nSPS) is 38.3. The van der Waals surface area contributed by atoms with E-state index in [0.29, 0.717) is 18.4 Å². The number of fused-ring (bicyclic) bond motifs is 2. The first-order valence-corrected chi connectivity index (χ1v) is 7.33. The molecule has 3 nitrogen and oxygen atoms in total. The highest BCUT2D eigenvalue weighted by Gasteiger charge is 2.68. The summed E-state index contributed by atoms with van der Waals surface area (Å²) in [5.41, 5.74) is -0.854. The molecule has 3 saturated carbocycles. The van der Waals surface area contributed by atoms with Gasteiger partial charge in [0.1, 0.15) is 11.2 Å². The van der Waals surface area contributed by atoms with E-state index in [-0.39, 0.29) is 17.1 Å². The van der Waals surface area contributed by atoms with Crippen molar-refractivity contribution >= 4 is 11.7 Å². The first kappa shape index (κ1) is 12.2. The highest BCUT2D eigenvalue weighted by Crippen LogP contribution is 2.63. The Bertz CT molecular complexity index is 395. The van der Waals surface area contributed by atoms with Gasteiger partial charge in [-0.15, -0.1) is 0 Å². The third-order valence-electron chi connectivity index (χ3n) is 5.97. The van der Waals surface area contributed by atoms with E-state index in [0.717, 1.165) is 25.7 Å². The van der Waals surface area contributed by atoms with Gasteiger partial charge >= 0.3 is 0 Å². The third kappa shape index (κ3) is 1.36. The summed E-state index contributed by atoms with van der Waals surface area (Å²) in [7, 11) is 0. The van der Waals surface area contributed by atoms with Gasteiger partial charge in [0.15, 0.2) is 0 Å². The van der Waals surface area contributed by atoms with Gasteiger partial charge in [0, 0.05) is 12.5 Å². The van der Waals surface area contributed by atoms with Gasteiger partial charge in [0.2, 0.25) is 5.91 Å². The van der Waals surface area contributed by atoms with Crippen LogP contribution in [0.4, 0.5) is 0 Å². The van der Waals surface area contributed by atoms with E-state index >= 15 is 0 Å². The van der Waals surface area contributed by atoms with E-state index in [1.54, 1.807) is 0 Å². The van der Waals surface area contributed by atoms with Crippen LogP contribution < -0.4 is 5.32 Å². The van der Waals surface area contributed by atoms with Gasteiger partial charge in [-0.25, -0.2) is 0 Å². The van der Waals surface area contributed by atoms with Crippen LogP contribution in [0.15, 0.2) is 0 Å². The number of carbonyl (C=O) groups is 2. The minimum atomic E-state index is -0.708. The Labute approximate surface area is 109 Å². The van der Waals surface area contributed by atoms with E-state index in [2.05, 4.69) is 19.2 Å². The summed E-state index contributed by atoms with van der Waals surface area (Å²) in [5.74, 6) is 0.642. The zero-order valence-electron chi connectivity index (χ0n) is 11.4. The maximum absolute atomic E-state index is 12.7. The fourth-order valence-electron chi connectivity index (χ4n) is 4.59. The minimum Gasteiger partial charge on any atom is -0.352 e. The maximum atomic E-state index is 12.7. The number of amides is 1. The second-order valence-electron chi connectivity index (χ2n) is 6.94. The summed E-state index contributed by atoms with van der Waals surface area (Å²) >= 11 is 0. The Morgan fingerprint density at radius 2 is 1.89 bits per heavy atom. The molecule has 0 aromatic carbocycles. The molecule has 3 fully saturated rings. The van der Waals surface area contributed by atoms with Crippen LogP contribution in [-0.2, 0) is 9.59 Å². The van der Waals surface area contributed by atoms with E-state index in [1.165, 1.54) is 12.8 Å². The monoisotopic (exact) mass is 249 g/mol. The molecule has 2 atom stereocenters. The number of Topliss-reactive ketones (excluding diaryl/α,β-unsaturated/α-hetero) is 1. The molecule has 18 heavy (non-hydrogen) atoms. The SMILES string of the molecule is CC1(C)C2CCC1(C(=O)NC1CCCC1)C(=O)C2. The summed E-state index contributed by atoms with van der Waals surface area (Å²) in [6.07, 6.45) is 7.00. The Hall–Kier alpha value is -0.860. The molecule has 0 aromatic heterocycles. The molecule has 0 aliphatic heterocycles. The number of ketones is 1. The van der Waals surface area contributed by atoms with Crippen LogP contribution in [0.5, 0.6) is 0 Å². The predicted octanol–water partition coefficient (Wildman–Crippen LogP) is 2.44. The van der Waals surface area contributed by atoms with E-state index in [1.807, 2.05) is 0 Å². The van der Waals surface area contributed by atoms with Crippen molar-refractivity contribution in [1.82, 2.24) is 5.32 Å². The van der Waals surface area contributed by atoms with Gasteiger partial charge in [-0.05, 0) is 37.0 Å². The highest BCUT2D eigenvalue weighted by molar-refractivity contribution is 6.09. The lowest BCUT2D eigenvalue weighted by molar-refractivity contribution is -0.145. The van der Waals surface area contributed by atoms with Crippen molar-refractivity contribution in [2.24, 2.45) is 16.7 Å². The molecule has 1 amide bonds. The van der Waals surface area contributed by atoms with Crippen LogP contribution in [0.1, 0.15) is 58.8 Å². The highest BCUT2D eigenvalue weighted by atomic mass is 16.2. The molecule has 1 N–H and O–H groups in total. The van der Waals surface area contributed by atoms with E-state index in [4.69, 9.17) is 0 Å². The van der Waals surface area contributed by atoms with Crippen molar-refractivity contribution in [2.75, 3.05) is 0 Å². The fraction of sp³-hybridized carbons (Fsp3) is 0.867. The average Bonchev–Trinajstić information content (AvgIpc) is 2.93. The van der Waals surface area contributed by atoms with Crippen LogP contribution in [0.3, 0.4) is 0 Å². The number of carbonyl (C=O) groups excluding carboxylic acids is 2. The van der Waals surface area contributed by atoms with Crippen molar-refractivity contribution in [2.45, 2.75) is 64.8 Å². The van der Waals surface area contributed by atoms with Gasteiger partial charge in [0.05, 0.1) is 0 Å². The molecule has 0 radical (unpaired) electrons. The lowest BCUT2D eigenvalue weighted by atomic mass is 9.68. The van der Waals surface area contributed by atoms with Crippen molar-refractivity contribution in [3.05, 3.63) is 0 Å². The van der Waals surface area contributed by atoms with E-state index < -0.39 is 5.41 Å². The number of nitrogens with one attached hydrogen (secondary N) is 1. The molecule has 0 heterocycles. The Balaban J connectivity index is 1.84. The van der Waals surface area contributed by atoms with Crippen LogP contribution in [0, 0.1) is 16.7 Å². The molecule has 2 unspecified atom stereocenters. The van der Waals surface area contributed by atoms with Gasteiger partial charge in [-0.3, -0.25) is 9.59 Å². The largest absolute Gasteiger partial charge is 0.352 e. The first-order chi connectivity index (χ1) is 8.48. The zero-order valence-corrected chi connectivity index (χ0v) is 11.4. The Morgan fingerprint density at radius 1 is 1.22 bits per heavy atom. The van der Waals surface area contributed by atoms with Crippen LogP contribution in [-0.4, -0.2) is 17.7 Å². The molecule has 0 aromatic rings. The average molecular weight is 249 g/mol. The zero-order chi connectivity index (χ0) is 13.0. The van der Waals surface area contributed by atoms with Gasteiger partial charge in [-0.2, -0.15) is 0 Å². The molecule has 0 saturated heterocycles. The first-order valence-electron chi connectivity index (χ1n) is 7.33. The molecule has 100 valence electrons. The molecule has 2 bridgehead atoms. The third-order valence-corrected chi connectivity index (χ3v) is 5.97. The summed E-state index contributed by atoms with van der Waals surface area (Å²) < 4.78 is 0. The standard InChI is InChI=1S/C15H23NO2/c1-14(2)10-7-8-15(14,12(17)9-10)13(18)16-11-5-3-4-6-11/h10-11H,3-9H2,1-2H3,(H,16,18). The molecule has 3 heteroatoms. The second kappa shape index (κ2) is 3.82. The van der Waals surface area contributed by atoms with Crippen molar-refractivity contribution in [1.29, 1.82) is 0 Å². The quantitative estimate of drug-likeness (QED) is 0.764. The smallest absolute Gasteiger partial charge is 0.234 e. The van der Waals surface area contributed by atoms with Crippen molar-refractivity contribution in [3.8, 4) is 0 Å². The van der Waals surface area contributed by atoms with Crippen LogP contribution in [0.2, 0.25) is 0 Å². The Morgan fingerprint density at radius 3 is 2.39 bits per heavy atom.